The predicted octanol–water partition coefficient (Wildman–Crippen LogP) is 4.43. The molecular formula is C18H20Cl2N2O3S. The smallest absolute Gasteiger partial charge is 0.265 e. The van der Waals surface area contributed by atoms with Crippen LogP contribution in [-0.2, 0) is 10.0 Å². The monoisotopic (exact) mass is 414 g/mol. The molecule has 0 bridgehead atoms. The van der Waals surface area contributed by atoms with Gasteiger partial charge in [0.1, 0.15) is 15.7 Å². The van der Waals surface area contributed by atoms with Crippen molar-refractivity contribution >= 4 is 44.6 Å². The number of halogens is 2. The van der Waals surface area contributed by atoms with Crippen LogP contribution >= 0.6 is 23.2 Å². The second-order valence-electron chi connectivity index (χ2n) is 6.08. The number of anilines is 2. The van der Waals surface area contributed by atoms with Crippen LogP contribution in [-0.4, -0.2) is 35.7 Å². The van der Waals surface area contributed by atoms with Crippen LogP contribution in [0.3, 0.4) is 0 Å². The number of methoxy groups -OCH3 is 1. The van der Waals surface area contributed by atoms with E-state index in [1.54, 1.807) is 12.1 Å². The highest BCUT2D eigenvalue weighted by atomic mass is 35.5. The molecular weight excluding hydrogens is 395 g/mol. The van der Waals surface area contributed by atoms with E-state index in [1.165, 1.54) is 43.4 Å². The fraction of sp³-hybridized carbons (Fsp3) is 0.333. The van der Waals surface area contributed by atoms with Crippen LogP contribution in [0.15, 0.2) is 41.3 Å². The lowest BCUT2D eigenvalue weighted by molar-refractivity contribution is 0.414. The number of hydrogen-bond donors (Lipinski definition) is 0. The Kier molecular flexibility index (Phi) is 5.55. The Morgan fingerprint density at radius 3 is 2.19 bits per heavy atom. The van der Waals surface area contributed by atoms with Crippen molar-refractivity contribution in [2.75, 3.05) is 36.5 Å². The Balaban J connectivity index is 1.91. The van der Waals surface area contributed by atoms with Gasteiger partial charge in [-0.25, -0.2) is 8.42 Å². The molecule has 0 N–H and O–H groups in total. The molecule has 0 amide bonds. The molecule has 0 unspecified atom stereocenters. The number of nitrogens with zero attached hydrogens (tertiary/aromatic N) is 2. The van der Waals surface area contributed by atoms with Gasteiger partial charge in [0.15, 0.2) is 0 Å². The van der Waals surface area contributed by atoms with E-state index in [4.69, 9.17) is 27.9 Å². The van der Waals surface area contributed by atoms with Crippen LogP contribution in [0.1, 0.15) is 12.8 Å². The van der Waals surface area contributed by atoms with E-state index in [9.17, 15) is 8.42 Å². The maximum absolute atomic E-state index is 13.0. The zero-order valence-corrected chi connectivity index (χ0v) is 16.9. The van der Waals surface area contributed by atoms with Crippen molar-refractivity contribution in [2.24, 2.45) is 0 Å². The number of ether oxygens (including phenoxy) is 1. The molecule has 1 aliphatic heterocycles. The van der Waals surface area contributed by atoms with E-state index < -0.39 is 10.0 Å². The third-order valence-corrected chi connectivity index (χ3v) is 7.36. The SMILES string of the molecule is COc1ccc(S(=O)(=O)N(C)c2ccc(N3CCCC3)cc2)c(Cl)c1Cl. The van der Waals surface area contributed by atoms with Crippen LogP contribution in [0, 0.1) is 0 Å². The molecule has 0 aliphatic carbocycles. The van der Waals surface area contributed by atoms with Crippen molar-refractivity contribution in [1.29, 1.82) is 0 Å². The lowest BCUT2D eigenvalue weighted by atomic mass is 10.2. The van der Waals surface area contributed by atoms with Gasteiger partial charge in [0, 0.05) is 25.8 Å². The summed E-state index contributed by atoms with van der Waals surface area (Å²) in [5.74, 6) is 0.327. The van der Waals surface area contributed by atoms with E-state index in [0.717, 1.165) is 18.8 Å². The third kappa shape index (κ3) is 3.46. The first-order valence-corrected chi connectivity index (χ1v) is 10.4. The first-order chi connectivity index (χ1) is 12.4. The van der Waals surface area contributed by atoms with Crippen LogP contribution in [0.2, 0.25) is 10.0 Å². The summed E-state index contributed by atoms with van der Waals surface area (Å²) in [7, 11) is -0.915. The van der Waals surface area contributed by atoms with Gasteiger partial charge in [-0.2, -0.15) is 0 Å². The van der Waals surface area contributed by atoms with Gasteiger partial charge >= 0.3 is 0 Å². The van der Waals surface area contributed by atoms with Gasteiger partial charge in [0.25, 0.3) is 10.0 Å². The average Bonchev–Trinajstić information content (AvgIpc) is 3.18. The minimum Gasteiger partial charge on any atom is -0.495 e. The molecule has 1 heterocycles. The minimum atomic E-state index is -3.85. The second-order valence-corrected chi connectivity index (χ2v) is 8.77. The molecule has 5 nitrogen and oxygen atoms in total. The van der Waals surface area contributed by atoms with E-state index in [0.29, 0.717) is 11.4 Å². The maximum Gasteiger partial charge on any atom is 0.265 e. The molecule has 140 valence electrons. The van der Waals surface area contributed by atoms with Crippen molar-refractivity contribution < 1.29 is 13.2 Å². The largest absolute Gasteiger partial charge is 0.495 e. The maximum atomic E-state index is 13.0. The van der Waals surface area contributed by atoms with E-state index in [2.05, 4.69) is 4.90 Å². The quantitative estimate of drug-likeness (QED) is 0.725. The lowest BCUT2D eigenvalue weighted by Gasteiger charge is -2.23. The van der Waals surface area contributed by atoms with Crippen LogP contribution < -0.4 is 13.9 Å². The van der Waals surface area contributed by atoms with Crippen molar-refractivity contribution in [3.63, 3.8) is 0 Å². The fourth-order valence-electron chi connectivity index (χ4n) is 3.01. The molecule has 3 rings (SSSR count). The Morgan fingerprint density at radius 2 is 1.62 bits per heavy atom. The summed E-state index contributed by atoms with van der Waals surface area (Å²) in [6.07, 6.45) is 2.37. The van der Waals surface area contributed by atoms with Gasteiger partial charge in [-0.15, -0.1) is 0 Å². The number of rotatable bonds is 5. The first-order valence-electron chi connectivity index (χ1n) is 8.22. The predicted molar refractivity (Wildman–Crippen MR) is 106 cm³/mol. The average molecular weight is 415 g/mol. The van der Waals surface area contributed by atoms with Crippen molar-refractivity contribution in [2.45, 2.75) is 17.7 Å². The van der Waals surface area contributed by atoms with E-state index >= 15 is 0 Å². The van der Waals surface area contributed by atoms with Gasteiger partial charge in [0.05, 0.1) is 17.8 Å². The summed E-state index contributed by atoms with van der Waals surface area (Å²) in [6.45, 7) is 2.07. The summed E-state index contributed by atoms with van der Waals surface area (Å²) in [5, 5.41) is 0.0274. The normalized spacial score (nSPS) is 14.5. The number of benzene rings is 2. The Bertz CT molecular complexity index is 895. The highest BCUT2D eigenvalue weighted by Crippen LogP contribution is 2.38. The van der Waals surface area contributed by atoms with Gasteiger partial charge in [-0.05, 0) is 49.2 Å². The molecule has 1 saturated heterocycles. The van der Waals surface area contributed by atoms with E-state index in [1.807, 2.05) is 12.1 Å². The Morgan fingerprint density at radius 1 is 1.00 bits per heavy atom. The summed E-state index contributed by atoms with van der Waals surface area (Å²) in [4.78, 5) is 2.23. The summed E-state index contributed by atoms with van der Waals surface area (Å²) < 4.78 is 32.2. The molecule has 0 spiro atoms. The van der Waals surface area contributed by atoms with Crippen molar-refractivity contribution in [1.82, 2.24) is 0 Å². The molecule has 1 aliphatic rings. The molecule has 26 heavy (non-hydrogen) atoms. The molecule has 0 saturated carbocycles. The lowest BCUT2D eigenvalue weighted by Crippen LogP contribution is -2.27. The standard InChI is InChI=1S/C18H20Cl2N2O3S/c1-21(13-5-7-14(8-6-13)22-11-3-4-12-22)26(23,24)16-10-9-15(25-2)17(19)18(16)20/h5-10H,3-4,11-12H2,1-2H3. The molecule has 8 heteroatoms. The highest BCUT2D eigenvalue weighted by Gasteiger charge is 2.26. The zero-order valence-electron chi connectivity index (χ0n) is 14.6. The van der Waals surface area contributed by atoms with Gasteiger partial charge in [-0.1, -0.05) is 23.2 Å². The highest BCUT2D eigenvalue weighted by molar-refractivity contribution is 7.93. The van der Waals surface area contributed by atoms with Gasteiger partial charge in [0.2, 0.25) is 0 Å². The minimum absolute atomic E-state index is 0.0495. The van der Waals surface area contributed by atoms with Crippen LogP contribution in [0.25, 0.3) is 0 Å². The van der Waals surface area contributed by atoms with Gasteiger partial charge < -0.3 is 9.64 Å². The zero-order chi connectivity index (χ0) is 18.9. The fourth-order valence-corrected chi connectivity index (χ4v) is 5.02. The summed E-state index contributed by atoms with van der Waals surface area (Å²) in [5.41, 5.74) is 1.65. The molecule has 2 aromatic rings. The number of hydrogen-bond acceptors (Lipinski definition) is 4. The molecule has 0 radical (unpaired) electrons. The molecule has 1 fully saturated rings. The summed E-state index contributed by atoms with van der Waals surface area (Å²) in [6, 6.07) is 10.4. The van der Waals surface area contributed by atoms with E-state index in [-0.39, 0.29) is 14.9 Å². The second kappa shape index (κ2) is 7.55. The number of sulfonamides is 1. The Hall–Kier alpha value is -1.63. The topological polar surface area (TPSA) is 49.9 Å². The summed E-state index contributed by atoms with van der Waals surface area (Å²) >= 11 is 12.3. The third-order valence-electron chi connectivity index (χ3n) is 4.55. The van der Waals surface area contributed by atoms with Crippen molar-refractivity contribution in [3.8, 4) is 5.75 Å². The van der Waals surface area contributed by atoms with Crippen LogP contribution in [0.5, 0.6) is 5.75 Å². The Labute approximate surface area is 164 Å². The molecule has 2 aromatic carbocycles. The molecule has 0 atom stereocenters. The molecule has 0 aromatic heterocycles. The van der Waals surface area contributed by atoms with Gasteiger partial charge in [-0.3, -0.25) is 4.31 Å². The van der Waals surface area contributed by atoms with Crippen molar-refractivity contribution in [3.05, 3.63) is 46.4 Å². The van der Waals surface area contributed by atoms with Crippen LogP contribution in [0.4, 0.5) is 11.4 Å². The first kappa shape index (κ1) is 19.1.